The molecule has 0 aromatic heterocycles. The molecular formula is C25H31N3O4S. The Hall–Kier alpha value is -2.71. The second-order valence-corrected chi connectivity index (χ2v) is 10.6. The van der Waals surface area contributed by atoms with Crippen molar-refractivity contribution >= 4 is 27.5 Å². The molecule has 0 atom stereocenters. The molecule has 8 heteroatoms. The number of nitrogens with one attached hydrogen (secondary N) is 1. The van der Waals surface area contributed by atoms with E-state index in [4.69, 9.17) is 0 Å². The maximum atomic E-state index is 12.7. The quantitative estimate of drug-likeness (QED) is 0.643. The molecule has 0 radical (unpaired) electrons. The normalized spacial score (nSPS) is 17.3. The average molecular weight is 470 g/mol. The SMILES string of the molecule is O=C(CCc1ccc(S(=O)(=O)N2CCCCC2)cc1)NCc1ccc(N2CCCC2=O)cc1. The fourth-order valence-electron chi connectivity index (χ4n) is 4.34. The summed E-state index contributed by atoms with van der Waals surface area (Å²) in [5, 5.41) is 2.92. The molecule has 0 unspecified atom stereocenters. The van der Waals surface area contributed by atoms with Gasteiger partial charge in [0.2, 0.25) is 21.8 Å². The van der Waals surface area contributed by atoms with Crippen molar-refractivity contribution in [1.29, 1.82) is 0 Å². The Kier molecular flexibility index (Phi) is 7.45. The lowest BCUT2D eigenvalue weighted by Crippen LogP contribution is -2.35. The van der Waals surface area contributed by atoms with Crippen LogP contribution in [0.15, 0.2) is 53.4 Å². The molecule has 0 aliphatic carbocycles. The van der Waals surface area contributed by atoms with Gasteiger partial charge in [-0.2, -0.15) is 4.31 Å². The van der Waals surface area contributed by atoms with Crippen LogP contribution in [0.25, 0.3) is 0 Å². The van der Waals surface area contributed by atoms with Gasteiger partial charge in [-0.1, -0.05) is 30.7 Å². The van der Waals surface area contributed by atoms with E-state index < -0.39 is 10.0 Å². The fourth-order valence-corrected chi connectivity index (χ4v) is 5.86. The summed E-state index contributed by atoms with van der Waals surface area (Å²) in [6.45, 7) is 2.37. The number of hydrogen-bond donors (Lipinski definition) is 1. The van der Waals surface area contributed by atoms with E-state index in [1.54, 1.807) is 33.5 Å². The topological polar surface area (TPSA) is 86.8 Å². The number of nitrogens with zero attached hydrogens (tertiary/aromatic N) is 2. The number of aryl methyl sites for hydroxylation is 1. The number of carbonyl (C=O) groups excluding carboxylic acids is 2. The van der Waals surface area contributed by atoms with Crippen molar-refractivity contribution in [3.8, 4) is 0 Å². The van der Waals surface area contributed by atoms with E-state index in [0.29, 0.717) is 43.8 Å². The number of amides is 2. The van der Waals surface area contributed by atoms with Crippen LogP contribution in [0.3, 0.4) is 0 Å². The molecule has 0 saturated carbocycles. The lowest BCUT2D eigenvalue weighted by Gasteiger charge is -2.25. The average Bonchev–Trinajstić information content (AvgIpc) is 3.28. The molecule has 33 heavy (non-hydrogen) atoms. The summed E-state index contributed by atoms with van der Waals surface area (Å²) in [5.74, 6) is 0.104. The Balaban J connectivity index is 1.24. The van der Waals surface area contributed by atoms with E-state index >= 15 is 0 Å². The predicted molar refractivity (Wildman–Crippen MR) is 127 cm³/mol. The van der Waals surface area contributed by atoms with Crippen LogP contribution in [-0.4, -0.2) is 44.2 Å². The van der Waals surface area contributed by atoms with Gasteiger partial charge in [0.1, 0.15) is 0 Å². The van der Waals surface area contributed by atoms with Crippen LogP contribution < -0.4 is 10.2 Å². The Morgan fingerprint density at radius 2 is 1.52 bits per heavy atom. The third-order valence-electron chi connectivity index (χ3n) is 6.33. The highest BCUT2D eigenvalue weighted by atomic mass is 32.2. The second-order valence-electron chi connectivity index (χ2n) is 8.70. The number of sulfonamides is 1. The first kappa shape index (κ1) is 23.4. The number of benzene rings is 2. The van der Waals surface area contributed by atoms with E-state index in [9.17, 15) is 18.0 Å². The highest BCUT2D eigenvalue weighted by Crippen LogP contribution is 2.22. The lowest BCUT2D eigenvalue weighted by atomic mass is 10.1. The smallest absolute Gasteiger partial charge is 0.243 e. The van der Waals surface area contributed by atoms with Crippen molar-refractivity contribution in [3.05, 3.63) is 59.7 Å². The van der Waals surface area contributed by atoms with Crippen LogP contribution in [0.1, 0.15) is 49.7 Å². The zero-order chi connectivity index (χ0) is 23.3. The molecule has 4 rings (SSSR count). The summed E-state index contributed by atoms with van der Waals surface area (Å²) in [4.78, 5) is 26.2. The highest BCUT2D eigenvalue weighted by Gasteiger charge is 2.25. The van der Waals surface area contributed by atoms with Crippen LogP contribution in [-0.2, 0) is 32.6 Å². The second kappa shape index (κ2) is 10.5. The molecule has 1 N–H and O–H groups in total. The zero-order valence-electron chi connectivity index (χ0n) is 18.8. The van der Waals surface area contributed by atoms with Gasteiger partial charge >= 0.3 is 0 Å². The molecule has 2 aliphatic rings. The predicted octanol–water partition coefficient (Wildman–Crippen LogP) is 3.24. The van der Waals surface area contributed by atoms with Crippen molar-refractivity contribution in [2.75, 3.05) is 24.5 Å². The Labute approximate surface area is 195 Å². The van der Waals surface area contributed by atoms with Gasteiger partial charge in [-0.3, -0.25) is 9.59 Å². The third-order valence-corrected chi connectivity index (χ3v) is 8.24. The minimum atomic E-state index is -3.43. The van der Waals surface area contributed by atoms with Gasteiger partial charge in [-0.25, -0.2) is 8.42 Å². The van der Waals surface area contributed by atoms with E-state index in [1.165, 1.54) is 0 Å². The lowest BCUT2D eigenvalue weighted by molar-refractivity contribution is -0.121. The first-order valence-corrected chi connectivity index (χ1v) is 13.1. The molecule has 2 fully saturated rings. The van der Waals surface area contributed by atoms with Gasteiger partial charge in [-0.15, -0.1) is 0 Å². The van der Waals surface area contributed by atoms with E-state index in [1.807, 2.05) is 24.3 Å². The Morgan fingerprint density at radius 1 is 0.848 bits per heavy atom. The van der Waals surface area contributed by atoms with E-state index in [2.05, 4.69) is 5.32 Å². The maximum absolute atomic E-state index is 12.7. The minimum Gasteiger partial charge on any atom is -0.352 e. The summed E-state index contributed by atoms with van der Waals surface area (Å²) in [6.07, 6.45) is 5.29. The van der Waals surface area contributed by atoms with Crippen LogP contribution in [0.2, 0.25) is 0 Å². The number of anilines is 1. The molecule has 2 heterocycles. The van der Waals surface area contributed by atoms with Crippen LogP contribution >= 0.6 is 0 Å². The molecule has 2 amide bonds. The summed E-state index contributed by atoms with van der Waals surface area (Å²) in [7, 11) is -3.43. The van der Waals surface area contributed by atoms with Gasteiger partial charge in [0.15, 0.2) is 0 Å². The standard InChI is InChI=1S/C25H31N3O4S/c29-24(26-19-21-6-11-22(12-7-21)28-18-4-5-25(28)30)15-10-20-8-13-23(14-9-20)33(31,32)27-16-2-1-3-17-27/h6-9,11-14H,1-5,10,15-19H2,(H,26,29). The fraction of sp³-hybridized carbons (Fsp3) is 0.440. The highest BCUT2D eigenvalue weighted by molar-refractivity contribution is 7.89. The first-order valence-electron chi connectivity index (χ1n) is 11.7. The summed E-state index contributed by atoms with van der Waals surface area (Å²) < 4.78 is 27.0. The summed E-state index contributed by atoms with van der Waals surface area (Å²) in [6, 6.07) is 14.6. The number of carbonyl (C=O) groups is 2. The maximum Gasteiger partial charge on any atom is 0.243 e. The number of piperidine rings is 1. The third kappa shape index (κ3) is 5.81. The molecular weight excluding hydrogens is 438 g/mol. The van der Waals surface area contributed by atoms with Crippen LogP contribution in [0.5, 0.6) is 0 Å². The van der Waals surface area contributed by atoms with E-state index in [0.717, 1.165) is 49.0 Å². The Bertz CT molecular complexity index is 1080. The van der Waals surface area contributed by atoms with Gasteiger partial charge in [0, 0.05) is 44.7 Å². The van der Waals surface area contributed by atoms with E-state index in [-0.39, 0.29) is 11.8 Å². The molecule has 0 spiro atoms. The molecule has 2 aliphatic heterocycles. The molecule has 2 aromatic carbocycles. The van der Waals surface area contributed by atoms with Crippen molar-refractivity contribution in [3.63, 3.8) is 0 Å². The molecule has 2 aromatic rings. The number of rotatable bonds is 8. The van der Waals surface area contributed by atoms with Crippen molar-refractivity contribution in [1.82, 2.24) is 9.62 Å². The summed E-state index contributed by atoms with van der Waals surface area (Å²) >= 11 is 0. The first-order chi connectivity index (χ1) is 15.9. The van der Waals surface area contributed by atoms with Gasteiger partial charge in [0.25, 0.3) is 0 Å². The van der Waals surface area contributed by atoms with Gasteiger partial charge < -0.3 is 10.2 Å². The van der Waals surface area contributed by atoms with Crippen molar-refractivity contribution in [2.45, 2.75) is 56.4 Å². The molecule has 176 valence electrons. The van der Waals surface area contributed by atoms with Gasteiger partial charge in [0.05, 0.1) is 4.90 Å². The largest absolute Gasteiger partial charge is 0.352 e. The summed E-state index contributed by atoms with van der Waals surface area (Å²) in [5.41, 5.74) is 2.81. The zero-order valence-corrected chi connectivity index (χ0v) is 19.6. The minimum absolute atomic E-state index is 0.0567. The molecule has 2 saturated heterocycles. The van der Waals surface area contributed by atoms with Gasteiger partial charge in [-0.05, 0) is 61.1 Å². The molecule has 7 nitrogen and oxygen atoms in total. The van der Waals surface area contributed by atoms with Crippen molar-refractivity contribution in [2.24, 2.45) is 0 Å². The van der Waals surface area contributed by atoms with Crippen molar-refractivity contribution < 1.29 is 18.0 Å². The monoisotopic (exact) mass is 469 g/mol. The number of hydrogen-bond acceptors (Lipinski definition) is 4. The van der Waals surface area contributed by atoms with Crippen LogP contribution in [0, 0.1) is 0 Å². The Morgan fingerprint density at radius 3 is 2.15 bits per heavy atom. The molecule has 0 bridgehead atoms. The van der Waals surface area contributed by atoms with Crippen LogP contribution in [0.4, 0.5) is 5.69 Å².